The Balaban J connectivity index is 1.23. The van der Waals surface area contributed by atoms with Crippen LogP contribution in [-0.4, -0.2) is 48.4 Å². The molecule has 0 spiro atoms. The van der Waals surface area contributed by atoms with Crippen molar-refractivity contribution in [3.63, 3.8) is 0 Å². The maximum absolute atomic E-state index is 12.5. The fourth-order valence-corrected chi connectivity index (χ4v) is 4.10. The molecule has 0 unspecified atom stereocenters. The van der Waals surface area contributed by atoms with E-state index in [0.717, 1.165) is 45.6 Å². The topological polar surface area (TPSA) is 35.6 Å². The second kappa shape index (κ2) is 8.02. The van der Waals surface area contributed by atoms with Crippen molar-refractivity contribution < 1.29 is 4.79 Å². The molecule has 1 aliphatic carbocycles. The van der Waals surface area contributed by atoms with Gasteiger partial charge in [-0.05, 0) is 29.5 Å². The fraction of sp³-hybridized carbons (Fsp3) is 0.409. The Hall–Kier alpha value is -2.17. The summed E-state index contributed by atoms with van der Waals surface area (Å²) in [4.78, 5) is 17.2. The van der Waals surface area contributed by atoms with E-state index in [-0.39, 0.29) is 11.9 Å². The van der Waals surface area contributed by atoms with Crippen LogP contribution < -0.4 is 5.32 Å². The minimum atomic E-state index is 0.156. The number of amides is 1. The van der Waals surface area contributed by atoms with Crippen LogP contribution in [0.5, 0.6) is 0 Å². The number of hydrogen-bond donors (Lipinski definition) is 1. The van der Waals surface area contributed by atoms with Gasteiger partial charge in [0.1, 0.15) is 0 Å². The number of carbonyl (C=O) groups is 1. The second-order valence-electron chi connectivity index (χ2n) is 7.40. The molecule has 26 heavy (non-hydrogen) atoms. The molecule has 4 nitrogen and oxygen atoms in total. The molecule has 1 atom stereocenters. The zero-order valence-corrected chi connectivity index (χ0v) is 15.2. The number of nitrogens with zero attached hydrogens (tertiary/aromatic N) is 2. The highest BCUT2D eigenvalue weighted by Gasteiger charge is 2.25. The summed E-state index contributed by atoms with van der Waals surface area (Å²) in [6, 6.07) is 19.3. The van der Waals surface area contributed by atoms with E-state index in [1.807, 2.05) is 0 Å². The number of piperazine rings is 1. The molecule has 1 heterocycles. The summed E-state index contributed by atoms with van der Waals surface area (Å²) < 4.78 is 0. The maximum atomic E-state index is 12.5. The van der Waals surface area contributed by atoms with E-state index in [1.165, 1.54) is 16.7 Å². The van der Waals surface area contributed by atoms with Crippen molar-refractivity contribution in [2.24, 2.45) is 0 Å². The van der Waals surface area contributed by atoms with Crippen LogP contribution in [0, 0.1) is 0 Å². The Labute approximate surface area is 155 Å². The minimum absolute atomic E-state index is 0.156. The number of nitrogens with one attached hydrogen (secondary N) is 1. The van der Waals surface area contributed by atoms with Crippen molar-refractivity contribution in [1.82, 2.24) is 15.1 Å². The summed E-state index contributed by atoms with van der Waals surface area (Å²) in [5.74, 6) is 0.156. The van der Waals surface area contributed by atoms with Gasteiger partial charge in [-0.25, -0.2) is 0 Å². The quantitative estimate of drug-likeness (QED) is 0.901. The SMILES string of the molecule is O=C(CN1CCN(Cc2ccccc2)CC1)N[C@H]1CCc2ccccc21. The van der Waals surface area contributed by atoms with Gasteiger partial charge in [0, 0.05) is 32.7 Å². The van der Waals surface area contributed by atoms with Crippen LogP contribution in [0.1, 0.15) is 29.2 Å². The molecule has 2 aliphatic rings. The van der Waals surface area contributed by atoms with Crippen molar-refractivity contribution in [1.29, 1.82) is 0 Å². The average Bonchev–Trinajstić information content (AvgIpc) is 3.07. The number of hydrogen-bond acceptors (Lipinski definition) is 3. The molecule has 1 fully saturated rings. The van der Waals surface area contributed by atoms with Crippen molar-refractivity contribution >= 4 is 5.91 Å². The maximum Gasteiger partial charge on any atom is 0.234 e. The standard InChI is InChI=1S/C22H27N3O/c26-22(23-21-11-10-19-8-4-5-9-20(19)21)17-25-14-12-24(13-15-25)16-18-6-2-1-3-7-18/h1-9,21H,10-17H2,(H,23,26)/t21-/m0/s1. The van der Waals surface area contributed by atoms with E-state index in [0.29, 0.717) is 6.54 Å². The molecule has 0 bridgehead atoms. The van der Waals surface area contributed by atoms with Gasteiger partial charge in [-0.2, -0.15) is 0 Å². The van der Waals surface area contributed by atoms with Crippen LogP contribution in [0.2, 0.25) is 0 Å². The number of fused-ring (bicyclic) bond motifs is 1. The van der Waals surface area contributed by atoms with E-state index >= 15 is 0 Å². The molecule has 1 aliphatic heterocycles. The lowest BCUT2D eigenvalue weighted by Crippen LogP contribution is -2.49. The lowest BCUT2D eigenvalue weighted by Gasteiger charge is -2.34. The van der Waals surface area contributed by atoms with Crippen LogP contribution in [0.3, 0.4) is 0 Å². The average molecular weight is 349 g/mol. The Morgan fingerprint density at radius 2 is 1.62 bits per heavy atom. The van der Waals surface area contributed by atoms with Crippen LogP contribution in [0.15, 0.2) is 54.6 Å². The molecular weight excluding hydrogens is 322 g/mol. The molecule has 4 heteroatoms. The summed E-state index contributed by atoms with van der Waals surface area (Å²) in [6.45, 7) is 5.48. The third kappa shape index (κ3) is 4.14. The summed E-state index contributed by atoms with van der Waals surface area (Å²) in [6.07, 6.45) is 2.09. The van der Waals surface area contributed by atoms with Gasteiger partial charge in [0.15, 0.2) is 0 Å². The third-order valence-electron chi connectivity index (χ3n) is 5.55. The molecule has 1 amide bonds. The van der Waals surface area contributed by atoms with Crippen molar-refractivity contribution in [3.8, 4) is 0 Å². The predicted molar refractivity (Wildman–Crippen MR) is 104 cm³/mol. The van der Waals surface area contributed by atoms with E-state index < -0.39 is 0 Å². The lowest BCUT2D eigenvalue weighted by molar-refractivity contribution is -0.123. The van der Waals surface area contributed by atoms with E-state index in [2.05, 4.69) is 69.7 Å². The molecule has 1 N–H and O–H groups in total. The molecule has 4 rings (SSSR count). The fourth-order valence-electron chi connectivity index (χ4n) is 4.10. The summed E-state index contributed by atoms with van der Waals surface area (Å²) in [5, 5.41) is 3.24. The molecule has 2 aromatic carbocycles. The summed E-state index contributed by atoms with van der Waals surface area (Å²) in [7, 11) is 0. The Morgan fingerprint density at radius 1 is 0.923 bits per heavy atom. The Kier molecular flexibility index (Phi) is 5.32. The smallest absolute Gasteiger partial charge is 0.234 e. The molecule has 0 saturated carbocycles. The first-order valence-corrected chi connectivity index (χ1v) is 9.64. The Morgan fingerprint density at radius 3 is 2.42 bits per heavy atom. The molecule has 0 aromatic heterocycles. The highest BCUT2D eigenvalue weighted by Crippen LogP contribution is 2.30. The predicted octanol–water partition coefficient (Wildman–Crippen LogP) is 2.61. The van der Waals surface area contributed by atoms with E-state index in [4.69, 9.17) is 0 Å². The van der Waals surface area contributed by atoms with Gasteiger partial charge < -0.3 is 5.32 Å². The molecule has 2 aromatic rings. The van der Waals surface area contributed by atoms with Gasteiger partial charge >= 0.3 is 0 Å². The number of rotatable bonds is 5. The summed E-state index contributed by atoms with van der Waals surface area (Å²) >= 11 is 0. The second-order valence-corrected chi connectivity index (χ2v) is 7.40. The normalized spacial score (nSPS) is 20.7. The third-order valence-corrected chi connectivity index (χ3v) is 5.55. The van der Waals surface area contributed by atoms with Gasteiger partial charge in [0.25, 0.3) is 0 Å². The van der Waals surface area contributed by atoms with Gasteiger partial charge in [0.2, 0.25) is 5.91 Å². The zero-order valence-electron chi connectivity index (χ0n) is 15.2. The number of carbonyl (C=O) groups excluding carboxylic acids is 1. The molecule has 1 saturated heterocycles. The van der Waals surface area contributed by atoms with Gasteiger partial charge in [-0.3, -0.25) is 14.6 Å². The van der Waals surface area contributed by atoms with Crippen molar-refractivity contribution in [2.45, 2.75) is 25.4 Å². The van der Waals surface area contributed by atoms with Crippen LogP contribution in [0.25, 0.3) is 0 Å². The summed E-state index contributed by atoms with van der Waals surface area (Å²) in [5.41, 5.74) is 4.04. The molecular formula is C22H27N3O. The number of benzene rings is 2. The minimum Gasteiger partial charge on any atom is -0.348 e. The first kappa shape index (κ1) is 17.3. The van der Waals surface area contributed by atoms with Gasteiger partial charge in [-0.1, -0.05) is 54.6 Å². The zero-order chi connectivity index (χ0) is 17.8. The largest absolute Gasteiger partial charge is 0.348 e. The number of aryl methyl sites for hydroxylation is 1. The highest BCUT2D eigenvalue weighted by molar-refractivity contribution is 5.78. The van der Waals surface area contributed by atoms with Crippen molar-refractivity contribution in [3.05, 3.63) is 71.3 Å². The monoisotopic (exact) mass is 349 g/mol. The van der Waals surface area contributed by atoms with E-state index in [9.17, 15) is 4.79 Å². The lowest BCUT2D eigenvalue weighted by atomic mass is 10.1. The highest BCUT2D eigenvalue weighted by atomic mass is 16.2. The first-order valence-electron chi connectivity index (χ1n) is 9.64. The molecule has 0 radical (unpaired) electrons. The first-order chi connectivity index (χ1) is 12.8. The van der Waals surface area contributed by atoms with Crippen molar-refractivity contribution in [2.75, 3.05) is 32.7 Å². The molecule has 136 valence electrons. The van der Waals surface area contributed by atoms with Gasteiger partial charge in [0.05, 0.1) is 12.6 Å². The van der Waals surface area contributed by atoms with Crippen LogP contribution in [-0.2, 0) is 17.8 Å². The van der Waals surface area contributed by atoms with Crippen LogP contribution >= 0.6 is 0 Å². The van der Waals surface area contributed by atoms with E-state index in [1.54, 1.807) is 0 Å². The van der Waals surface area contributed by atoms with Crippen LogP contribution in [0.4, 0.5) is 0 Å². The Bertz CT molecular complexity index is 738. The van der Waals surface area contributed by atoms with Gasteiger partial charge in [-0.15, -0.1) is 0 Å².